The van der Waals surface area contributed by atoms with Crippen LogP contribution in [0.25, 0.3) is 11.3 Å². The maximum Gasteiger partial charge on any atom is 0.252 e. The smallest absolute Gasteiger partial charge is 0.252 e. The zero-order valence-electron chi connectivity index (χ0n) is 9.37. The summed E-state index contributed by atoms with van der Waals surface area (Å²) in [6.07, 6.45) is 1.59. The number of furan rings is 1. The van der Waals surface area contributed by atoms with E-state index in [1.165, 1.54) is 0 Å². The molecule has 2 rings (SSSR count). The van der Waals surface area contributed by atoms with Gasteiger partial charge in [-0.2, -0.15) is 0 Å². The predicted octanol–water partition coefficient (Wildman–Crippen LogP) is 3.35. The fourth-order valence-corrected chi connectivity index (χ4v) is 1.75. The fraction of sp³-hybridized carbons (Fsp3) is 0.154. The third-order valence-electron chi connectivity index (χ3n) is 2.35. The highest BCUT2D eigenvalue weighted by molar-refractivity contribution is 6.34. The molecule has 0 radical (unpaired) electrons. The van der Waals surface area contributed by atoms with Crippen molar-refractivity contribution in [3.8, 4) is 11.3 Å². The molecule has 4 heteroatoms. The number of amides is 1. The minimum atomic E-state index is -0.175. The summed E-state index contributed by atoms with van der Waals surface area (Å²) in [7, 11) is 0. The molecule has 0 aliphatic rings. The molecule has 1 amide bonds. The van der Waals surface area contributed by atoms with Gasteiger partial charge in [0.1, 0.15) is 5.76 Å². The van der Waals surface area contributed by atoms with Crippen molar-refractivity contribution in [3.63, 3.8) is 0 Å². The normalized spacial score (nSPS) is 10.2. The molecule has 0 fully saturated rings. The molecule has 0 saturated heterocycles. The quantitative estimate of drug-likeness (QED) is 0.906. The Morgan fingerprint density at radius 2 is 2.24 bits per heavy atom. The average Bonchev–Trinajstić information content (AvgIpc) is 2.83. The first-order valence-corrected chi connectivity index (χ1v) is 5.71. The molecular formula is C13H12ClNO2. The van der Waals surface area contributed by atoms with E-state index in [0.29, 0.717) is 22.9 Å². The van der Waals surface area contributed by atoms with E-state index in [1.807, 2.05) is 19.1 Å². The van der Waals surface area contributed by atoms with Crippen molar-refractivity contribution in [2.24, 2.45) is 0 Å². The van der Waals surface area contributed by atoms with Gasteiger partial charge in [-0.3, -0.25) is 4.79 Å². The predicted molar refractivity (Wildman–Crippen MR) is 67.2 cm³/mol. The van der Waals surface area contributed by atoms with Gasteiger partial charge in [0.2, 0.25) is 0 Å². The Bertz CT molecular complexity index is 520. The van der Waals surface area contributed by atoms with Gasteiger partial charge in [0, 0.05) is 12.1 Å². The maximum atomic E-state index is 11.8. The molecule has 1 aromatic carbocycles. The van der Waals surface area contributed by atoms with Crippen molar-refractivity contribution in [1.29, 1.82) is 0 Å². The van der Waals surface area contributed by atoms with Gasteiger partial charge in [-0.15, -0.1) is 0 Å². The third kappa shape index (κ3) is 2.50. The Kier molecular flexibility index (Phi) is 3.49. The second-order valence-corrected chi connectivity index (χ2v) is 3.94. The van der Waals surface area contributed by atoms with E-state index >= 15 is 0 Å². The molecule has 1 N–H and O–H groups in total. The monoisotopic (exact) mass is 249 g/mol. The molecule has 17 heavy (non-hydrogen) atoms. The third-order valence-corrected chi connectivity index (χ3v) is 2.68. The summed E-state index contributed by atoms with van der Waals surface area (Å²) >= 11 is 6.00. The molecule has 88 valence electrons. The van der Waals surface area contributed by atoms with Gasteiger partial charge < -0.3 is 9.73 Å². The van der Waals surface area contributed by atoms with Crippen molar-refractivity contribution >= 4 is 17.5 Å². The lowest BCUT2D eigenvalue weighted by Crippen LogP contribution is -2.22. The van der Waals surface area contributed by atoms with Crippen LogP contribution in [0, 0.1) is 0 Å². The number of carbonyl (C=O) groups excluding carboxylic acids is 1. The van der Waals surface area contributed by atoms with Crippen LogP contribution in [0.5, 0.6) is 0 Å². The maximum absolute atomic E-state index is 11.8. The number of hydrogen-bond donors (Lipinski definition) is 1. The van der Waals surface area contributed by atoms with E-state index in [1.54, 1.807) is 24.5 Å². The SMILES string of the molecule is CCNC(=O)c1cc(-c2ccco2)ccc1Cl. The zero-order valence-corrected chi connectivity index (χ0v) is 10.1. The molecule has 0 aliphatic carbocycles. The average molecular weight is 250 g/mol. The Balaban J connectivity index is 2.39. The summed E-state index contributed by atoms with van der Waals surface area (Å²) in [6.45, 7) is 2.43. The van der Waals surface area contributed by atoms with Crippen molar-refractivity contribution in [1.82, 2.24) is 5.32 Å². The van der Waals surface area contributed by atoms with E-state index in [0.717, 1.165) is 5.56 Å². The minimum absolute atomic E-state index is 0.175. The van der Waals surface area contributed by atoms with Gasteiger partial charge in [0.15, 0.2) is 0 Å². The lowest BCUT2D eigenvalue weighted by atomic mass is 10.1. The van der Waals surface area contributed by atoms with E-state index in [9.17, 15) is 4.79 Å². The standard InChI is InChI=1S/C13H12ClNO2/c1-2-15-13(16)10-8-9(5-6-11(10)14)12-4-3-7-17-12/h3-8H,2H2,1H3,(H,15,16). The van der Waals surface area contributed by atoms with Crippen LogP contribution in [0.4, 0.5) is 0 Å². The largest absolute Gasteiger partial charge is 0.464 e. The number of nitrogens with one attached hydrogen (secondary N) is 1. The van der Waals surface area contributed by atoms with Crippen molar-refractivity contribution in [2.75, 3.05) is 6.54 Å². The highest BCUT2D eigenvalue weighted by atomic mass is 35.5. The van der Waals surface area contributed by atoms with E-state index in [2.05, 4.69) is 5.32 Å². The highest BCUT2D eigenvalue weighted by Gasteiger charge is 2.11. The van der Waals surface area contributed by atoms with Crippen LogP contribution in [-0.2, 0) is 0 Å². The summed E-state index contributed by atoms with van der Waals surface area (Å²) < 4.78 is 5.28. The van der Waals surface area contributed by atoms with Gasteiger partial charge in [0.05, 0.1) is 16.8 Å². The van der Waals surface area contributed by atoms with Gasteiger partial charge in [-0.25, -0.2) is 0 Å². The molecule has 0 unspecified atom stereocenters. The molecule has 0 aliphatic heterocycles. The highest BCUT2D eigenvalue weighted by Crippen LogP contribution is 2.25. The number of hydrogen-bond acceptors (Lipinski definition) is 2. The fourth-order valence-electron chi connectivity index (χ4n) is 1.55. The Labute approximate surface area is 104 Å². The van der Waals surface area contributed by atoms with Crippen LogP contribution in [-0.4, -0.2) is 12.5 Å². The topological polar surface area (TPSA) is 42.2 Å². The summed E-state index contributed by atoms with van der Waals surface area (Å²) in [5.41, 5.74) is 1.29. The molecular weight excluding hydrogens is 238 g/mol. The molecule has 3 nitrogen and oxygen atoms in total. The molecule has 1 aromatic heterocycles. The van der Waals surface area contributed by atoms with Crippen molar-refractivity contribution < 1.29 is 9.21 Å². The number of carbonyl (C=O) groups is 1. The van der Waals surface area contributed by atoms with Gasteiger partial charge in [-0.05, 0) is 37.3 Å². The molecule has 0 atom stereocenters. The van der Waals surface area contributed by atoms with Crippen LogP contribution < -0.4 is 5.32 Å². The summed E-state index contributed by atoms with van der Waals surface area (Å²) in [4.78, 5) is 11.8. The van der Waals surface area contributed by atoms with Crippen LogP contribution in [0.15, 0.2) is 41.0 Å². The first-order chi connectivity index (χ1) is 8.22. The second kappa shape index (κ2) is 5.06. The summed E-state index contributed by atoms with van der Waals surface area (Å²) in [5, 5.41) is 3.16. The number of halogens is 1. The van der Waals surface area contributed by atoms with Crippen LogP contribution in [0.1, 0.15) is 17.3 Å². The van der Waals surface area contributed by atoms with Crippen molar-refractivity contribution in [2.45, 2.75) is 6.92 Å². The zero-order chi connectivity index (χ0) is 12.3. The van der Waals surface area contributed by atoms with Gasteiger partial charge >= 0.3 is 0 Å². The Morgan fingerprint density at radius 3 is 2.88 bits per heavy atom. The van der Waals surface area contributed by atoms with Gasteiger partial charge in [0.25, 0.3) is 5.91 Å². The van der Waals surface area contributed by atoms with Crippen LogP contribution >= 0.6 is 11.6 Å². The van der Waals surface area contributed by atoms with Crippen LogP contribution in [0.2, 0.25) is 5.02 Å². The minimum Gasteiger partial charge on any atom is -0.464 e. The molecule has 2 aromatic rings. The molecule has 0 saturated carbocycles. The lowest BCUT2D eigenvalue weighted by Gasteiger charge is -2.06. The Morgan fingerprint density at radius 1 is 1.41 bits per heavy atom. The lowest BCUT2D eigenvalue weighted by molar-refractivity contribution is 0.0956. The van der Waals surface area contributed by atoms with Crippen LogP contribution in [0.3, 0.4) is 0 Å². The second-order valence-electron chi connectivity index (χ2n) is 3.53. The molecule has 1 heterocycles. The number of benzene rings is 1. The van der Waals surface area contributed by atoms with Crippen molar-refractivity contribution in [3.05, 3.63) is 47.2 Å². The van der Waals surface area contributed by atoms with E-state index in [-0.39, 0.29) is 5.91 Å². The first kappa shape index (κ1) is 11.7. The molecule has 0 spiro atoms. The molecule has 0 bridgehead atoms. The van der Waals surface area contributed by atoms with E-state index in [4.69, 9.17) is 16.0 Å². The first-order valence-electron chi connectivity index (χ1n) is 5.34. The summed E-state index contributed by atoms with van der Waals surface area (Å²) in [5.74, 6) is 0.540. The van der Waals surface area contributed by atoms with Gasteiger partial charge in [-0.1, -0.05) is 11.6 Å². The summed E-state index contributed by atoms with van der Waals surface area (Å²) in [6, 6.07) is 8.89. The number of rotatable bonds is 3. The van der Waals surface area contributed by atoms with E-state index < -0.39 is 0 Å². The Hall–Kier alpha value is -1.74.